The van der Waals surface area contributed by atoms with Gasteiger partial charge in [-0.3, -0.25) is 9.59 Å². The number of carbonyl (C=O) groups is 2. The van der Waals surface area contributed by atoms with Crippen molar-refractivity contribution in [1.82, 2.24) is 5.32 Å². The fraction of sp³-hybridized carbons (Fsp3) is 0.286. The predicted octanol–water partition coefficient (Wildman–Crippen LogP) is 1.30. The number of nitrogens with two attached hydrogens (primary N) is 1. The summed E-state index contributed by atoms with van der Waals surface area (Å²) in [6.45, 7) is -1.26. The Hall–Kier alpha value is -2.64. The first-order chi connectivity index (χ1) is 10.4. The molecule has 0 aliphatic carbocycles. The molecule has 1 aromatic rings. The molecule has 0 radical (unpaired) electrons. The number of rotatable bonds is 8. The minimum Gasteiger partial charge on any atom is -0.490 e. The van der Waals surface area contributed by atoms with Crippen LogP contribution in [0, 0.1) is 0 Å². The van der Waals surface area contributed by atoms with Crippen molar-refractivity contribution in [3.8, 4) is 11.5 Å². The van der Waals surface area contributed by atoms with Crippen LogP contribution in [0.3, 0.4) is 0 Å². The summed E-state index contributed by atoms with van der Waals surface area (Å²) in [6.07, 6.45) is 2.62. The number of halogens is 2. The first-order valence-electron chi connectivity index (χ1n) is 6.38. The second-order valence-corrected chi connectivity index (χ2v) is 4.04. The first-order valence-corrected chi connectivity index (χ1v) is 6.38. The molecule has 0 saturated heterocycles. The molecule has 0 fully saturated rings. The van der Waals surface area contributed by atoms with Gasteiger partial charge in [-0.15, -0.1) is 0 Å². The van der Waals surface area contributed by atoms with Gasteiger partial charge in [-0.05, 0) is 30.7 Å². The van der Waals surface area contributed by atoms with Gasteiger partial charge in [0.15, 0.2) is 11.5 Å². The highest BCUT2D eigenvalue weighted by molar-refractivity contribution is 5.94. The molecule has 0 heterocycles. The van der Waals surface area contributed by atoms with Crippen LogP contribution in [0.25, 0.3) is 6.08 Å². The third-order valence-electron chi connectivity index (χ3n) is 2.35. The van der Waals surface area contributed by atoms with E-state index in [4.69, 9.17) is 10.5 Å². The summed E-state index contributed by atoms with van der Waals surface area (Å²) in [7, 11) is 0. The smallest absolute Gasteiger partial charge is 0.387 e. The maximum Gasteiger partial charge on any atom is 0.387 e. The van der Waals surface area contributed by atoms with E-state index >= 15 is 0 Å². The Kier molecular flexibility index (Phi) is 6.81. The summed E-state index contributed by atoms with van der Waals surface area (Å²) in [4.78, 5) is 21.9. The summed E-state index contributed by atoms with van der Waals surface area (Å²) in [5.74, 6) is -1.12. The van der Waals surface area contributed by atoms with E-state index in [0.717, 1.165) is 0 Å². The highest BCUT2D eigenvalue weighted by Crippen LogP contribution is 2.30. The van der Waals surface area contributed by atoms with E-state index in [-0.39, 0.29) is 24.7 Å². The van der Waals surface area contributed by atoms with E-state index in [1.807, 2.05) is 0 Å². The van der Waals surface area contributed by atoms with Crippen molar-refractivity contribution in [3.05, 3.63) is 29.8 Å². The number of benzene rings is 1. The van der Waals surface area contributed by atoms with E-state index in [1.54, 1.807) is 6.92 Å². The van der Waals surface area contributed by atoms with Crippen LogP contribution in [0.4, 0.5) is 8.78 Å². The van der Waals surface area contributed by atoms with Gasteiger partial charge < -0.3 is 20.5 Å². The van der Waals surface area contributed by atoms with Crippen LogP contribution in [0.1, 0.15) is 12.5 Å². The SMILES string of the molecule is CCOc1cc(/C=C/C(=O)NCC(N)=O)ccc1OC(F)F. The largest absolute Gasteiger partial charge is 0.490 e. The summed E-state index contributed by atoms with van der Waals surface area (Å²) < 4.78 is 34.1. The number of hydrogen-bond acceptors (Lipinski definition) is 4. The Labute approximate surface area is 125 Å². The van der Waals surface area contributed by atoms with Gasteiger partial charge in [-0.2, -0.15) is 8.78 Å². The molecular weight excluding hydrogens is 298 g/mol. The second-order valence-electron chi connectivity index (χ2n) is 4.04. The molecule has 3 N–H and O–H groups in total. The fourth-order valence-electron chi connectivity index (χ4n) is 1.50. The second kappa shape index (κ2) is 8.60. The summed E-state index contributed by atoms with van der Waals surface area (Å²) in [5, 5.41) is 2.27. The van der Waals surface area contributed by atoms with E-state index < -0.39 is 18.4 Å². The van der Waals surface area contributed by atoms with Gasteiger partial charge in [0.25, 0.3) is 0 Å². The molecule has 120 valence electrons. The van der Waals surface area contributed by atoms with Crippen LogP contribution in [-0.2, 0) is 9.59 Å². The van der Waals surface area contributed by atoms with Gasteiger partial charge in [0.05, 0.1) is 13.2 Å². The number of carbonyl (C=O) groups excluding carboxylic acids is 2. The number of nitrogens with one attached hydrogen (secondary N) is 1. The van der Waals surface area contributed by atoms with Crippen LogP contribution in [-0.4, -0.2) is 31.6 Å². The van der Waals surface area contributed by atoms with Crippen molar-refractivity contribution in [1.29, 1.82) is 0 Å². The van der Waals surface area contributed by atoms with Crippen LogP contribution in [0.15, 0.2) is 24.3 Å². The average Bonchev–Trinajstić information content (AvgIpc) is 2.45. The van der Waals surface area contributed by atoms with Crippen molar-refractivity contribution in [3.63, 3.8) is 0 Å². The highest BCUT2D eigenvalue weighted by Gasteiger charge is 2.11. The van der Waals surface area contributed by atoms with Gasteiger partial charge in [-0.1, -0.05) is 6.07 Å². The van der Waals surface area contributed by atoms with Crippen LogP contribution in [0.5, 0.6) is 11.5 Å². The zero-order chi connectivity index (χ0) is 16.5. The molecule has 6 nitrogen and oxygen atoms in total. The molecule has 0 unspecified atom stereocenters. The Morgan fingerprint density at radius 2 is 2.09 bits per heavy atom. The summed E-state index contributed by atoms with van der Waals surface area (Å²) >= 11 is 0. The van der Waals surface area contributed by atoms with Crippen molar-refractivity contribution in [2.45, 2.75) is 13.5 Å². The molecule has 1 rings (SSSR count). The van der Waals surface area contributed by atoms with Gasteiger partial charge in [0, 0.05) is 6.08 Å². The van der Waals surface area contributed by atoms with Crippen LogP contribution < -0.4 is 20.5 Å². The van der Waals surface area contributed by atoms with Gasteiger partial charge in [0.1, 0.15) is 0 Å². The molecule has 0 atom stereocenters. The number of amides is 2. The molecule has 8 heteroatoms. The molecule has 1 aromatic carbocycles. The lowest BCUT2D eigenvalue weighted by Crippen LogP contribution is -2.32. The number of ether oxygens (including phenoxy) is 2. The number of primary amides is 1. The third kappa shape index (κ3) is 6.21. The third-order valence-corrected chi connectivity index (χ3v) is 2.35. The normalized spacial score (nSPS) is 10.7. The zero-order valence-electron chi connectivity index (χ0n) is 11.8. The molecule has 2 amide bonds. The van der Waals surface area contributed by atoms with Gasteiger partial charge in [0.2, 0.25) is 11.8 Å². The van der Waals surface area contributed by atoms with Crippen molar-refractivity contribution in [2.75, 3.05) is 13.2 Å². The van der Waals surface area contributed by atoms with E-state index in [1.165, 1.54) is 30.4 Å². The van der Waals surface area contributed by atoms with Crippen LogP contribution >= 0.6 is 0 Å². The Morgan fingerprint density at radius 3 is 2.68 bits per heavy atom. The van der Waals surface area contributed by atoms with E-state index in [2.05, 4.69) is 10.1 Å². The lowest BCUT2D eigenvalue weighted by molar-refractivity contribution is -0.122. The average molecular weight is 314 g/mol. The molecule has 0 aliphatic heterocycles. The lowest BCUT2D eigenvalue weighted by atomic mass is 10.2. The molecule has 22 heavy (non-hydrogen) atoms. The van der Waals surface area contributed by atoms with Crippen molar-refractivity contribution < 1.29 is 27.8 Å². The van der Waals surface area contributed by atoms with E-state index in [9.17, 15) is 18.4 Å². The van der Waals surface area contributed by atoms with Crippen molar-refractivity contribution in [2.24, 2.45) is 5.73 Å². The zero-order valence-corrected chi connectivity index (χ0v) is 11.8. The molecule has 0 aromatic heterocycles. The number of alkyl halides is 2. The minimum absolute atomic E-state index is 0.0906. The van der Waals surface area contributed by atoms with Crippen molar-refractivity contribution >= 4 is 17.9 Å². The highest BCUT2D eigenvalue weighted by atomic mass is 19.3. The maximum absolute atomic E-state index is 12.3. The monoisotopic (exact) mass is 314 g/mol. The van der Waals surface area contributed by atoms with Gasteiger partial charge >= 0.3 is 6.61 Å². The molecule has 0 bridgehead atoms. The quantitative estimate of drug-likeness (QED) is 0.708. The molecular formula is C14H16F2N2O4. The number of hydrogen-bond donors (Lipinski definition) is 2. The first kappa shape index (κ1) is 17.4. The molecule has 0 saturated carbocycles. The lowest BCUT2D eigenvalue weighted by Gasteiger charge is -2.11. The summed E-state index contributed by atoms with van der Waals surface area (Å²) in [6, 6.07) is 4.26. The maximum atomic E-state index is 12.3. The standard InChI is InChI=1S/C14H16F2N2O4/c1-2-21-11-7-9(3-5-10(11)22-14(15)16)4-6-13(20)18-8-12(17)19/h3-7,14H,2,8H2,1H3,(H2,17,19)(H,18,20)/b6-4+. The van der Waals surface area contributed by atoms with E-state index in [0.29, 0.717) is 5.56 Å². The Bertz CT molecular complexity index is 562. The minimum atomic E-state index is -2.96. The van der Waals surface area contributed by atoms with Gasteiger partial charge in [-0.25, -0.2) is 0 Å². The predicted molar refractivity (Wildman–Crippen MR) is 75.5 cm³/mol. The Morgan fingerprint density at radius 1 is 1.36 bits per heavy atom. The van der Waals surface area contributed by atoms with Crippen LogP contribution in [0.2, 0.25) is 0 Å². The molecule has 0 aliphatic rings. The summed E-state index contributed by atoms with van der Waals surface area (Å²) in [5.41, 5.74) is 5.43. The topological polar surface area (TPSA) is 90.6 Å². The fourth-order valence-corrected chi connectivity index (χ4v) is 1.50. The molecule has 0 spiro atoms. The Balaban J connectivity index is 2.80.